The van der Waals surface area contributed by atoms with E-state index in [0.717, 1.165) is 42.0 Å². The number of carbonyl (C=O) groups is 1. The first kappa shape index (κ1) is 19.5. The Morgan fingerprint density at radius 1 is 1.35 bits per heavy atom. The SMILES string of the molecule is C=C(C)C(=O)OCCCCCCSc1nc(=O)n(CC)cc1C. The Balaban J connectivity index is 2.18. The summed E-state index contributed by atoms with van der Waals surface area (Å²) >= 11 is 1.63. The Bertz CT molecular complexity index is 596. The fourth-order valence-electron chi connectivity index (χ4n) is 1.97. The Hall–Kier alpha value is -1.56. The van der Waals surface area contributed by atoms with Gasteiger partial charge in [0, 0.05) is 18.3 Å². The minimum atomic E-state index is -0.316. The number of esters is 1. The van der Waals surface area contributed by atoms with Gasteiger partial charge in [0.15, 0.2) is 0 Å². The summed E-state index contributed by atoms with van der Waals surface area (Å²) in [5.74, 6) is 0.624. The number of carbonyl (C=O) groups excluding carboxylic acids is 1. The number of hydrogen-bond donors (Lipinski definition) is 0. The van der Waals surface area contributed by atoms with Crippen molar-refractivity contribution in [3.63, 3.8) is 0 Å². The highest BCUT2D eigenvalue weighted by atomic mass is 32.2. The molecule has 6 heteroatoms. The van der Waals surface area contributed by atoms with Crippen molar-refractivity contribution in [1.82, 2.24) is 9.55 Å². The van der Waals surface area contributed by atoms with Crippen molar-refractivity contribution in [2.24, 2.45) is 0 Å². The van der Waals surface area contributed by atoms with Crippen molar-refractivity contribution in [2.75, 3.05) is 12.4 Å². The van der Waals surface area contributed by atoms with Crippen LogP contribution in [0.5, 0.6) is 0 Å². The molecule has 0 unspecified atom stereocenters. The van der Waals surface area contributed by atoms with Gasteiger partial charge in [-0.1, -0.05) is 19.4 Å². The molecule has 0 N–H and O–H groups in total. The van der Waals surface area contributed by atoms with E-state index in [1.54, 1.807) is 23.3 Å². The number of hydrogen-bond acceptors (Lipinski definition) is 5. The van der Waals surface area contributed by atoms with Crippen LogP contribution in [0.4, 0.5) is 0 Å². The smallest absolute Gasteiger partial charge is 0.348 e. The zero-order valence-corrected chi connectivity index (χ0v) is 15.1. The van der Waals surface area contributed by atoms with Crippen LogP contribution in [0, 0.1) is 6.92 Å². The first-order valence-electron chi connectivity index (χ1n) is 7.99. The van der Waals surface area contributed by atoms with Crippen molar-refractivity contribution >= 4 is 17.7 Å². The topological polar surface area (TPSA) is 61.2 Å². The lowest BCUT2D eigenvalue weighted by Crippen LogP contribution is -2.22. The van der Waals surface area contributed by atoms with E-state index in [2.05, 4.69) is 11.6 Å². The van der Waals surface area contributed by atoms with Gasteiger partial charge in [-0.05, 0) is 44.9 Å². The van der Waals surface area contributed by atoms with Gasteiger partial charge in [0.2, 0.25) is 0 Å². The predicted molar refractivity (Wildman–Crippen MR) is 93.9 cm³/mol. The third-order valence-electron chi connectivity index (χ3n) is 3.33. The standard InChI is InChI=1S/C17H26N2O3S/c1-5-19-12-14(4)15(18-17(19)21)23-11-9-7-6-8-10-22-16(20)13(2)3/h12H,2,5-11H2,1,3-4H3. The van der Waals surface area contributed by atoms with Gasteiger partial charge in [-0.3, -0.25) is 4.57 Å². The molecular weight excluding hydrogens is 312 g/mol. The average Bonchev–Trinajstić information content (AvgIpc) is 2.52. The van der Waals surface area contributed by atoms with E-state index in [1.807, 2.05) is 20.0 Å². The molecule has 23 heavy (non-hydrogen) atoms. The highest BCUT2D eigenvalue weighted by Crippen LogP contribution is 2.19. The molecule has 0 aromatic carbocycles. The second-order valence-corrected chi connectivity index (χ2v) is 6.56. The second kappa shape index (κ2) is 10.3. The molecule has 0 aliphatic heterocycles. The molecule has 1 heterocycles. The minimum Gasteiger partial charge on any atom is -0.462 e. The summed E-state index contributed by atoms with van der Waals surface area (Å²) in [7, 11) is 0. The van der Waals surface area contributed by atoms with Crippen LogP contribution in [-0.2, 0) is 16.1 Å². The molecule has 5 nitrogen and oxygen atoms in total. The first-order valence-corrected chi connectivity index (χ1v) is 8.97. The first-order chi connectivity index (χ1) is 11.0. The molecule has 0 aliphatic carbocycles. The molecule has 0 saturated carbocycles. The fourth-order valence-corrected chi connectivity index (χ4v) is 2.94. The van der Waals surface area contributed by atoms with E-state index in [0.29, 0.717) is 18.7 Å². The van der Waals surface area contributed by atoms with Gasteiger partial charge in [0.1, 0.15) is 5.03 Å². The molecule has 0 atom stereocenters. The van der Waals surface area contributed by atoms with Crippen LogP contribution in [-0.4, -0.2) is 27.9 Å². The van der Waals surface area contributed by atoms with Crippen LogP contribution in [0.2, 0.25) is 0 Å². The number of thioether (sulfide) groups is 1. The van der Waals surface area contributed by atoms with Crippen molar-refractivity contribution < 1.29 is 9.53 Å². The predicted octanol–water partition coefficient (Wildman–Crippen LogP) is 3.34. The van der Waals surface area contributed by atoms with E-state index < -0.39 is 0 Å². The number of aryl methyl sites for hydroxylation is 2. The summed E-state index contributed by atoms with van der Waals surface area (Å²) in [5, 5.41) is 0.829. The molecule has 0 saturated heterocycles. The molecule has 0 radical (unpaired) electrons. The van der Waals surface area contributed by atoms with Gasteiger partial charge in [-0.25, -0.2) is 9.59 Å². The molecule has 1 rings (SSSR count). The largest absolute Gasteiger partial charge is 0.462 e. The van der Waals surface area contributed by atoms with Crippen LogP contribution < -0.4 is 5.69 Å². The monoisotopic (exact) mass is 338 g/mol. The van der Waals surface area contributed by atoms with E-state index in [1.165, 1.54) is 0 Å². The highest BCUT2D eigenvalue weighted by molar-refractivity contribution is 7.99. The van der Waals surface area contributed by atoms with Crippen LogP contribution in [0.25, 0.3) is 0 Å². The quantitative estimate of drug-likeness (QED) is 0.215. The van der Waals surface area contributed by atoms with Gasteiger partial charge in [0.05, 0.1) is 6.61 Å². The van der Waals surface area contributed by atoms with Gasteiger partial charge in [-0.2, -0.15) is 4.98 Å². The maximum absolute atomic E-state index is 11.7. The minimum absolute atomic E-state index is 0.181. The lowest BCUT2D eigenvalue weighted by atomic mass is 10.2. The lowest BCUT2D eigenvalue weighted by Gasteiger charge is -2.07. The summed E-state index contributed by atoms with van der Waals surface area (Å²) in [5.41, 5.74) is 1.30. The summed E-state index contributed by atoms with van der Waals surface area (Å²) in [6.45, 7) is 10.2. The Kier molecular flexibility index (Phi) is 8.69. The summed E-state index contributed by atoms with van der Waals surface area (Å²) in [6, 6.07) is 0. The number of nitrogens with zero attached hydrogens (tertiary/aromatic N) is 2. The third kappa shape index (κ3) is 7.03. The molecule has 1 aromatic rings. The van der Waals surface area contributed by atoms with Crippen LogP contribution in [0.1, 0.15) is 45.1 Å². The van der Waals surface area contributed by atoms with E-state index in [9.17, 15) is 9.59 Å². The third-order valence-corrected chi connectivity index (χ3v) is 4.51. The number of rotatable bonds is 10. The zero-order valence-electron chi connectivity index (χ0n) is 14.3. The van der Waals surface area contributed by atoms with Gasteiger partial charge < -0.3 is 4.74 Å². The van der Waals surface area contributed by atoms with Crippen LogP contribution in [0.15, 0.2) is 28.2 Å². The van der Waals surface area contributed by atoms with E-state index in [-0.39, 0.29) is 11.7 Å². The fraction of sp³-hybridized carbons (Fsp3) is 0.588. The maximum Gasteiger partial charge on any atom is 0.348 e. The van der Waals surface area contributed by atoms with Gasteiger partial charge in [-0.15, -0.1) is 11.8 Å². The van der Waals surface area contributed by atoms with Crippen molar-refractivity contribution in [3.8, 4) is 0 Å². The van der Waals surface area contributed by atoms with Crippen LogP contribution in [0.3, 0.4) is 0 Å². The maximum atomic E-state index is 11.7. The average molecular weight is 338 g/mol. The summed E-state index contributed by atoms with van der Waals surface area (Å²) < 4.78 is 6.66. The van der Waals surface area contributed by atoms with Gasteiger partial charge >= 0.3 is 11.7 Å². The normalized spacial score (nSPS) is 10.6. The van der Waals surface area contributed by atoms with Gasteiger partial charge in [0.25, 0.3) is 0 Å². The molecule has 0 fully saturated rings. The molecule has 0 amide bonds. The van der Waals surface area contributed by atoms with E-state index >= 15 is 0 Å². The molecule has 1 aromatic heterocycles. The number of aromatic nitrogens is 2. The number of ether oxygens (including phenoxy) is 1. The molecule has 0 aliphatic rings. The Morgan fingerprint density at radius 2 is 2.04 bits per heavy atom. The number of unbranched alkanes of at least 4 members (excludes halogenated alkanes) is 3. The van der Waals surface area contributed by atoms with Crippen LogP contribution >= 0.6 is 11.8 Å². The summed E-state index contributed by atoms with van der Waals surface area (Å²) in [6.07, 6.45) is 5.88. The second-order valence-electron chi connectivity index (χ2n) is 5.48. The van der Waals surface area contributed by atoms with E-state index in [4.69, 9.17) is 4.74 Å². The molecule has 0 bridgehead atoms. The Labute approximate surface area is 142 Å². The zero-order chi connectivity index (χ0) is 17.2. The molecule has 0 spiro atoms. The van der Waals surface area contributed by atoms with Crippen molar-refractivity contribution in [2.45, 2.75) is 58.0 Å². The molecule has 128 valence electrons. The Morgan fingerprint density at radius 3 is 2.70 bits per heavy atom. The molecular formula is C17H26N2O3S. The lowest BCUT2D eigenvalue weighted by molar-refractivity contribution is -0.139. The highest BCUT2D eigenvalue weighted by Gasteiger charge is 2.05. The van der Waals surface area contributed by atoms with Crippen molar-refractivity contribution in [3.05, 3.63) is 34.4 Å². The summed E-state index contributed by atoms with van der Waals surface area (Å²) in [4.78, 5) is 27.0. The van der Waals surface area contributed by atoms with Crippen molar-refractivity contribution in [1.29, 1.82) is 0 Å².